The third kappa shape index (κ3) is 0.845. The van der Waals surface area contributed by atoms with Crippen molar-refractivity contribution in [3.63, 3.8) is 0 Å². The molecule has 2 aliphatic heterocycles. The smallest absolute Gasteiger partial charge is 0.267 e. The number of carbonyl (C=O) groups excluding carboxylic acids is 1. The molecule has 4 nitrogen and oxygen atoms in total. The van der Waals surface area contributed by atoms with E-state index in [0.29, 0.717) is 5.84 Å². The van der Waals surface area contributed by atoms with E-state index in [-0.39, 0.29) is 5.91 Å². The molecule has 0 fully saturated rings. The van der Waals surface area contributed by atoms with E-state index in [9.17, 15) is 4.79 Å². The van der Waals surface area contributed by atoms with Gasteiger partial charge >= 0.3 is 0 Å². The quantitative estimate of drug-likeness (QED) is 0.532. The summed E-state index contributed by atoms with van der Waals surface area (Å²) in [6.45, 7) is 3.72. The molecule has 2 aliphatic rings. The van der Waals surface area contributed by atoms with Gasteiger partial charge in [0.25, 0.3) is 5.91 Å². The normalized spacial score (nSPS) is 21.0. The summed E-state index contributed by atoms with van der Waals surface area (Å²) in [5.74, 6) is 0.206. The second-order valence-corrected chi connectivity index (χ2v) is 2.76. The van der Waals surface area contributed by atoms with Crippen LogP contribution in [0, 0.1) is 0 Å². The largest absolute Gasteiger partial charge is 0.272 e. The zero-order valence-corrected chi connectivity index (χ0v) is 6.83. The molecule has 0 aromatic carbocycles. The van der Waals surface area contributed by atoms with Gasteiger partial charge in [-0.25, -0.2) is 0 Å². The molecular formula is C8H7N3O. The van der Waals surface area contributed by atoms with Crippen molar-refractivity contribution in [2.75, 3.05) is 0 Å². The number of fused-ring (bicyclic) bond motifs is 1. The second-order valence-electron chi connectivity index (χ2n) is 2.76. The van der Waals surface area contributed by atoms with Crippen LogP contribution in [0.2, 0.25) is 0 Å². The summed E-state index contributed by atoms with van der Waals surface area (Å²) in [5.41, 5.74) is 2.62. The fraction of sp³-hybridized carbons (Fsp3) is 0.250. The van der Waals surface area contributed by atoms with Crippen molar-refractivity contribution in [2.45, 2.75) is 13.8 Å². The van der Waals surface area contributed by atoms with Gasteiger partial charge < -0.3 is 0 Å². The van der Waals surface area contributed by atoms with Crippen molar-refractivity contribution in [1.82, 2.24) is 0 Å². The Labute approximate surface area is 69.4 Å². The Hall–Kier alpha value is -1.58. The molecule has 12 heavy (non-hydrogen) atoms. The highest BCUT2D eigenvalue weighted by atomic mass is 16.1. The summed E-state index contributed by atoms with van der Waals surface area (Å²) < 4.78 is 0. The number of hydrogen-bond donors (Lipinski definition) is 0. The molecule has 0 N–H and O–H groups in total. The molecule has 0 saturated heterocycles. The summed E-state index contributed by atoms with van der Waals surface area (Å²) in [6, 6.07) is 0. The summed E-state index contributed by atoms with van der Waals surface area (Å²) >= 11 is 0. The van der Waals surface area contributed by atoms with Crippen LogP contribution in [0.5, 0.6) is 0 Å². The van der Waals surface area contributed by atoms with Crippen molar-refractivity contribution < 1.29 is 4.79 Å². The zero-order chi connectivity index (χ0) is 8.72. The standard InChI is InChI=1S/C8H7N3O/c1-4-3-6(12)9-8-7(4)5(2)10-11-8/h3H,1-2H3. The number of hydrogen-bond acceptors (Lipinski definition) is 3. The molecule has 4 heteroatoms. The Kier molecular flexibility index (Phi) is 1.30. The van der Waals surface area contributed by atoms with Gasteiger partial charge in [0, 0.05) is 11.6 Å². The highest BCUT2D eigenvalue weighted by Crippen LogP contribution is 2.26. The maximum Gasteiger partial charge on any atom is 0.272 e. The van der Waals surface area contributed by atoms with Crippen molar-refractivity contribution in [1.29, 1.82) is 0 Å². The van der Waals surface area contributed by atoms with Crippen LogP contribution in [-0.4, -0.2) is 11.7 Å². The van der Waals surface area contributed by atoms with E-state index in [1.165, 1.54) is 6.08 Å². The SMILES string of the molecule is CC1=CC(=O)N=C2N=NC(C)=C12. The molecule has 0 saturated carbocycles. The second kappa shape index (κ2) is 2.20. The molecule has 0 aliphatic carbocycles. The Morgan fingerprint density at radius 2 is 2.00 bits per heavy atom. The molecule has 2 rings (SSSR count). The number of rotatable bonds is 0. The lowest BCUT2D eigenvalue weighted by Crippen LogP contribution is -2.08. The number of dihydropyridines is 1. The lowest BCUT2D eigenvalue weighted by atomic mass is 10.0. The molecule has 0 aromatic rings. The van der Waals surface area contributed by atoms with E-state index in [2.05, 4.69) is 15.2 Å². The van der Waals surface area contributed by atoms with Crippen molar-refractivity contribution in [2.24, 2.45) is 15.2 Å². The highest BCUT2D eigenvalue weighted by Gasteiger charge is 2.22. The van der Waals surface area contributed by atoms with Crippen LogP contribution in [0.1, 0.15) is 13.8 Å². The topological polar surface area (TPSA) is 54.1 Å². The Bertz CT molecular complexity index is 385. The highest BCUT2D eigenvalue weighted by molar-refractivity contribution is 6.15. The van der Waals surface area contributed by atoms with Crippen LogP contribution in [0.15, 0.2) is 38.1 Å². The molecule has 2 heterocycles. The third-order valence-corrected chi connectivity index (χ3v) is 1.83. The van der Waals surface area contributed by atoms with Gasteiger partial charge in [0.15, 0.2) is 5.84 Å². The lowest BCUT2D eigenvalue weighted by molar-refractivity contribution is -0.113. The minimum Gasteiger partial charge on any atom is -0.267 e. The van der Waals surface area contributed by atoms with E-state index >= 15 is 0 Å². The summed E-state index contributed by atoms with van der Waals surface area (Å²) in [5, 5.41) is 7.63. The Morgan fingerprint density at radius 1 is 1.25 bits per heavy atom. The van der Waals surface area contributed by atoms with Gasteiger partial charge in [-0.05, 0) is 19.4 Å². The fourth-order valence-electron chi connectivity index (χ4n) is 1.32. The average molecular weight is 161 g/mol. The minimum absolute atomic E-state index is 0.250. The lowest BCUT2D eigenvalue weighted by Gasteiger charge is -2.06. The number of amides is 1. The number of amidine groups is 1. The van der Waals surface area contributed by atoms with Crippen molar-refractivity contribution in [3.8, 4) is 0 Å². The first-order valence-electron chi connectivity index (χ1n) is 3.63. The molecule has 60 valence electrons. The first kappa shape index (κ1) is 7.09. The van der Waals surface area contributed by atoms with Crippen LogP contribution < -0.4 is 0 Å². The van der Waals surface area contributed by atoms with Gasteiger partial charge in [-0.3, -0.25) is 4.79 Å². The van der Waals surface area contributed by atoms with Crippen LogP contribution in [-0.2, 0) is 4.79 Å². The Morgan fingerprint density at radius 3 is 2.75 bits per heavy atom. The molecule has 0 spiro atoms. The van der Waals surface area contributed by atoms with Crippen LogP contribution >= 0.6 is 0 Å². The number of allylic oxidation sites excluding steroid dienone is 1. The van der Waals surface area contributed by atoms with E-state index in [0.717, 1.165) is 16.8 Å². The van der Waals surface area contributed by atoms with Gasteiger partial charge in [0.05, 0.1) is 5.70 Å². The van der Waals surface area contributed by atoms with Crippen LogP contribution in [0.3, 0.4) is 0 Å². The van der Waals surface area contributed by atoms with Gasteiger partial charge in [0.2, 0.25) is 0 Å². The molecular weight excluding hydrogens is 154 g/mol. The number of carbonyl (C=O) groups is 1. The van der Waals surface area contributed by atoms with Crippen LogP contribution in [0.4, 0.5) is 0 Å². The molecule has 0 bridgehead atoms. The zero-order valence-electron chi connectivity index (χ0n) is 6.83. The maximum absolute atomic E-state index is 10.9. The van der Waals surface area contributed by atoms with Crippen LogP contribution in [0.25, 0.3) is 0 Å². The molecule has 1 amide bonds. The predicted octanol–water partition coefficient (Wildman–Crippen LogP) is 1.61. The fourth-order valence-corrected chi connectivity index (χ4v) is 1.32. The predicted molar refractivity (Wildman–Crippen MR) is 43.8 cm³/mol. The van der Waals surface area contributed by atoms with E-state index in [1.807, 2.05) is 13.8 Å². The number of azo groups is 1. The number of nitrogens with zero attached hydrogens (tertiary/aromatic N) is 3. The monoisotopic (exact) mass is 161 g/mol. The minimum atomic E-state index is -0.250. The molecule has 0 radical (unpaired) electrons. The van der Waals surface area contributed by atoms with Gasteiger partial charge in [-0.1, -0.05) is 0 Å². The average Bonchev–Trinajstić information content (AvgIpc) is 2.31. The van der Waals surface area contributed by atoms with Crippen molar-refractivity contribution in [3.05, 3.63) is 22.9 Å². The first-order chi connectivity index (χ1) is 5.68. The molecule has 0 aromatic heterocycles. The van der Waals surface area contributed by atoms with E-state index in [1.54, 1.807) is 0 Å². The first-order valence-corrected chi connectivity index (χ1v) is 3.63. The van der Waals surface area contributed by atoms with E-state index in [4.69, 9.17) is 0 Å². The maximum atomic E-state index is 10.9. The third-order valence-electron chi connectivity index (χ3n) is 1.83. The van der Waals surface area contributed by atoms with Gasteiger partial charge in [0.1, 0.15) is 0 Å². The van der Waals surface area contributed by atoms with Gasteiger partial charge in [-0.15, -0.1) is 5.11 Å². The summed E-state index contributed by atoms with van der Waals surface area (Å²) in [7, 11) is 0. The molecule has 0 unspecified atom stereocenters. The Balaban J connectivity index is 2.60. The summed E-state index contributed by atoms with van der Waals surface area (Å²) in [4.78, 5) is 14.7. The molecule has 0 atom stereocenters. The number of aliphatic imine (C=N–C) groups is 1. The van der Waals surface area contributed by atoms with E-state index < -0.39 is 0 Å². The van der Waals surface area contributed by atoms with Crippen molar-refractivity contribution >= 4 is 11.7 Å². The summed E-state index contributed by atoms with van der Waals surface area (Å²) in [6.07, 6.45) is 1.50. The van der Waals surface area contributed by atoms with Gasteiger partial charge in [-0.2, -0.15) is 10.1 Å².